The molecule has 1 fully saturated rings. The molecule has 2 nitrogen and oxygen atoms in total. The number of nitriles is 1. The molecule has 2 rings (SSSR count). The lowest BCUT2D eigenvalue weighted by Gasteiger charge is -2.24. The molecular formula is C12H13NOS. The van der Waals surface area contributed by atoms with Crippen LogP contribution in [0.4, 0.5) is 0 Å². The number of nitrogens with zero attached hydrogens (tertiary/aromatic N) is 1. The Morgan fingerprint density at radius 3 is 2.93 bits per heavy atom. The highest BCUT2D eigenvalue weighted by Gasteiger charge is 2.26. The van der Waals surface area contributed by atoms with E-state index in [0.717, 1.165) is 17.7 Å². The van der Waals surface area contributed by atoms with Gasteiger partial charge in [0.15, 0.2) is 5.78 Å². The fourth-order valence-corrected chi connectivity index (χ4v) is 2.64. The van der Waals surface area contributed by atoms with Crippen molar-refractivity contribution in [1.82, 2.24) is 0 Å². The molecule has 1 aromatic heterocycles. The van der Waals surface area contributed by atoms with E-state index < -0.39 is 5.92 Å². The number of hydrogen-bond acceptors (Lipinski definition) is 3. The smallest absolute Gasteiger partial charge is 0.155 e. The predicted molar refractivity (Wildman–Crippen MR) is 59.6 cm³/mol. The highest BCUT2D eigenvalue weighted by atomic mass is 32.1. The van der Waals surface area contributed by atoms with E-state index in [1.54, 1.807) is 0 Å². The summed E-state index contributed by atoms with van der Waals surface area (Å²) in [5.74, 6) is 0.128. The zero-order valence-corrected chi connectivity index (χ0v) is 9.30. The molecule has 0 aromatic carbocycles. The quantitative estimate of drug-likeness (QED) is 0.780. The van der Waals surface area contributed by atoms with Crippen molar-refractivity contribution in [3.8, 4) is 6.07 Å². The van der Waals surface area contributed by atoms with Gasteiger partial charge in [-0.25, -0.2) is 0 Å². The van der Waals surface area contributed by atoms with E-state index >= 15 is 0 Å². The average molecular weight is 219 g/mol. The maximum atomic E-state index is 11.9. The Morgan fingerprint density at radius 1 is 1.67 bits per heavy atom. The molecule has 1 aromatic rings. The minimum absolute atomic E-state index is 0.102. The van der Waals surface area contributed by atoms with Crippen LogP contribution in [0.1, 0.15) is 36.5 Å². The lowest BCUT2D eigenvalue weighted by molar-refractivity contribution is -0.120. The SMILES string of the molecule is N#CC(C(=O)CC1CCC1)c1cccs1. The summed E-state index contributed by atoms with van der Waals surface area (Å²) >= 11 is 1.49. The molecule has 1 saturated carbocycles. The molecule has 1 unspecified atom stereocenters. The van der Waals surface area contributed by atoms with Gasteiger partial charge in [0.25, 0.3) is 0 Å². The average Bonchev–Trinajstić information content (AvgIpc) is 2.66. The van der Waals surface area contributed by atoms with Crippen LogP contribution < -0.4 is 0 Å². The Labute approximate surface area is 93.5 Å². The third-order valence-corrected chi connectivity index (χ3v) is 3.93. The third kappa shape index (κ3) is 2.27. The second-order valence-corrected chi connectivity index (χ2v) is 5.02. The first-order chi connectivity index (χ1) is 7.31. The molecule has 1 atom stereocenters. The Balaban J connectivity index is 2.00. The number of carbonyl (C=O) groups is 1. The number of Topliss-reactive ketones (excluding diaryl/α,β-unsaturated/α-hetero) is 1. The van der Waals surface area contributed by atoms with Crippen molar-refractivity contribution in [2.75, 3.05) is 0 Å². The second-order valence-electron chi connectivity index (χ2n) is 4.04. The van der Waals surface area contributed by atoms with E-state index in [1.165, 1.54) is 17.8 Å². The molecule has 15 heavy (non-hydrogen) atoms. The molecule has 1 heterocycles. The summed E-state index contributed by atoms with van der Waals surface area (Å²) in [6.45, 7) is 0. The summed E-state index contributed by atoms with van der Waals surface area (Å²) in [6, 6.07) is 5.88. The molecule has 0 saturated heterocycles. The first-order valence-corrected chi connectivity index (χ1v) is 6.15. The maximum Gasteiger partial charge on any atom is 0.155 e. The molecule has 0 radical (unpaired) electrons. The Bertz CT molecular complexity index is 373. The van der Waals surface area contributed by atoms with Gasteiger partial charge in [0.1, 0.15) is 5.92 Å². The van der Waals surface area contributed by atoms with Crippen LogP contribution in [-0.2, 0) is 4.79 Å². The van der Waals surface area contributed by atoms with E-state index in [1.807, 2.05) is 17.5 Å². The normalized spacial score (nSPS) is 17.8. The third-order valence-electron chi connectivity index (χ3n) is 2.99. The second kappa shape index (κ2) is 4.59. The molecular weight excluding hydrogens is 206 g/mol. The summed E-state index contributed by atoms with van der Waals surface area (Å²) in [6.07, 6.45) is 4.16. The van der Waals surface area contributed by atoms with E-state index in [9.17, 15) is 4.79 Å². The van der Waals surface area contributed by atoms with Gasteiger partial charge < -0.3 is 0 Å². The molecule has 0 aliphatic heterocycles. The zero-order valence-electron chi connectivity index (χ0n) is 8.48. The lowest BCUT2D eigenvalue weighted by atomic mass is 9.80. The molecule has 0 bridgehead atoms. The van der Waals surface area contributed by atoms with Crippen molar-refractivity contribution in [2.24, 2.45) is 5.92 Å². The van der Waals surface area contributed by atoms with Gasteiger partial charge in [0.2, 0.25) is 0 Å². The van der Waals surface area contributed by atoms with E-state index in [0.29, 0.717) is 12.3 Å². The number of rotatable bonds is 4. The van der Waals surface area contributed by atoms with Crippen molar-refractivity contribution in [3.63, 3.8) is 0 Å². The molecule has 0 N–H and O–H groups in total. The number of carbonyl (C=O) groups excluding carboxylic acids is 1. The highest BCUT2D eigenvalue weighted by molar-refractivity contribution is 7.10. The van der Waals surface area contributed by atoms with Crippen LogP contribution in [0.15, 0.2) is 17.5 Å². The van der Waals surface area contributed by atoms with Gasteiger partial charge in [-0.05, 0) is 17.4 Å². The fourth-order valence-electron chi connectivity index (χ4n) is 1.85. The summed E-state index contributed by atoms with van der Waals surface area (Å²) in [5.41, 5.74) is 0. The van der Waals surface area contributed by atoms with Crippen LogP contribution >= 0.6 is 11.3 Å². The summed E-state index contributed by atoms with van der Waals surface area (Å²) < 4.78 is 0. The topological polar surface area (TPSA) is 40.9 Å². The Hall–Kier alpha value is -1.14. The van der Waals surface area contributed by atoms with Crippen molar-refractivity contribution < 1.29 is 4.79 Å². The highest BCUT2D eigenvalue weighted by Crippen LogP contribution is 2.32. The van der Waals surface area contributed by atoms with Gasteiger partial charge in [0, 0.05) is 11.3 Å². The molecule has 3 heteroatoms. The minimum atomic E-state index is -0.523. The Morgan fingerprint density at radius 2 is 2.47 bits per heavy atom. The first kappa shape index (κ1) is 10.4. The molecule has 0 spiro atoms. The summed E-state index contributed by atoms with van der Waals surface area (Å²) in [5, 5.41) is 10.9. The van der Waals surface area contributed by atoms with Gasteiger partial charge in [-0.1, -0.05) is 25.3 Å². The van der Waals surface area contributed by atoms with Crippen molar-refractivity contribution in [3.05, 3.63) is 22.4 Å². The monoisotopic (exact) mass is 219 g/mol. The van der Waals surface area contributed by atoms with Gasteiger partial charge in [-0.2, -0.15) is 5.26 Å². The van der Waals surface area contributed by atoms with Gasteiger partial charge >= 0.3 is 0 Å². The zero-order chi connectivity index (χ0) is 10.7. The van der Waals surface area contributed by atoms with E-state index in [-0.39, 0.29) is 5.78 Å². The fraction of sp³-hybridized carbons (Fsp3) is 0.500. The number of thiophene rings is 1. The van der Waals surface area contributed by atoms with Crippen LogP contribution in [0, 0.1) is 17.2 Å². The van der Waals surface area contributed by atoms with Gasteiger partial charge in [0.05, 0.1) is 6.07 Å². The predicted octanol–water partition coefficient (Wildman–Crippen LogP) is 3.11. The Kier molecular flexibility index (Phi) is 3.17. The van der Waals surface area contributed by atoms with Crippen LogP contribution in [-0.4, -0.2) is 5.78 Å². The molecule has 0 amide bonds. The van der Waals surface area contributed by atoms with Crippen LogP contribution in [0.3, 0.4) is 0 Å². The molecule has 1 aliphatic rings. The largest absolute Gasteiger partial charge is 0.298 e. The van der Waals surface area contributed by atoms with Crippen molar-refractivity contribution in [2.45, 2.75) is 31.6 Å². The van der Waals surface area contributed by atoms with Gasteiger partial charge in [-0.3, -0.25) is 4.79 Å². The van der Waals surface area contributed by atoms with Crippen LogP contribution in [0.5, 0.6) is 0 Å². The van der Waals surface area contributed by atoms with E-state index in [4.69, 9.17) is 5.26 Å². The number of ketones is 1. The first-order valence-electron chi connectivity index (χ1n) is 5.27. The van der Waals surface area contributed by atoms with Crippen LogP contribution in [0.25, 0.3) is 0 Å². The minimum Gasteiger partial charge on any atom is -0.298 e. The maximum absolute atomic E-state index is 11.9. The molecule has 1 aliphatic carbocycles. The summed E-state index contributed by atoms with van der Waals surface area (Å²) in [4.78, 5) is 12.8. The standard InChI is InChI=1S/C12H13NOS/c13-8-10(12-5-2-6-15-12)11(14)7-9-3-1-4-9/h2,5-6,9-10H,1,3-4,7H2. The summed E-state index contributed by atoms with van der Waals surface area (Å²) in [7, 11) is 0. The van der Waals surface area contributed by atoms with Crippen LogP contribution in [0.2, 0.25) is 0 Å². The van der Waals surface area contributed by atoms with Crippen molar-refractivity contribution in [1.29, 1.82) is 5.26 Å². The van der Waals surface area contributed by atoms with E-state index in [2.05, 4.69) is 6.07 Å². The molecule has 78 valence electrons. The van der Waals surface area contributed by atoms with Crippen molar-refractivity contribution >= 4 is 17.1 Å². The number of hydrogen-bond donors (Lipinski definition) is 0. The van der Waals surface area contributed by atoms with Gasteiger partial charge in [-0.15, -0.1) is 11.3 Å². The lowest BCUT2D eigenvalue weighted by Crippen LogP contribution is -2.19.